The third-order valence-corrected chi connectivity index (χ3v) is 6.68. The summed E-state index contributed by atoms with van der Waals surface area (Å²) in [5, 5.41) is 4.63. The van der Waals surface area contributed by atoms with E-state index in [0.29, 0.717) is 0 Å². The van der Waals surface area contributed by atoms with Crippen LogP contribution >= 0.6 is 35.5 Å². The van der Waals surface area contributed by atoms with Crippen molar-refractivity contribution < 1.29 is 9.15 Å². The van der Waals surface area contributed by atoms with E-state index in [1.807, 2.05) is 20.0 Å². The number of furan rings is 1. The maximum absolute atomic E-state index is 5.99. The molecule has 178 valence electrons. The highest BCUT2D eigenvalue weighted by atomic mass is 127. The molecule has 11 heteroatoms. The molecule has 0 saturated carbocycles. The monoisotopic (exact) mass is 575 g/mol. The predicted molar refractivity (Wildman–Crippen MR) is 138 cm³/mol. The second-order valence-electron chi connectivity index (χ2n) is 7.86. The molecular weight excluding hydrogens is 541 g/mol. The highest BCUT2D eigenvalue weighted by molar-refractivity contribution is 14.0. The third kappa shape index (κ3) is 6.12. The van der Waals surface area contributed by atoms with Gasteiger partial charge >= 0.3 is 0 Å². The van der Waals surface area contributed by atoms with E-state index in [9.17, 15) is 0 Å². The van der Waals surface area contributed by atoms with E-state index in [1.165, 1.54) is 11.5 Å². The van der Waals surface area contributed by atoms with Gasteiger partial charge in [-0.15, -0.1) is 24.0 Å². The number of hydrogen-bond acceptors (Lipinski definition) is 8. The summed E-state index contributed by atoms with van der Waals surface area (Å²) in [6.45, 7) is 11.8. The van der Waals surface area contributed by atoms with Gasteiger partial charge in [0.2, 0.25) is 5.13 Å². The lowest BCUT2D eigenvalue weighted by molar-refractivity contribution is 0.0123. The van der Waals surface area contributed by atoms with E-state index < -0.39 is 0 Å². The molecule has 2 aliphatic heterocycles. The Bertz CT molecular complexity index is 860. The van der Waals surface area contributed by atoms with Gasteiger partial charge in [-0.25, -0.2) is 4.98 Å². The summed E-state index contributed by atoms with van der Waals surface area (Å²) in [5.41, 5.74) is 0. The molecule has 2 saturated heterocycles. The van der Waals surface area contributed by atoms with Crippen molar-refractivity contribution in [1.82, 2.24) is 24.5 Å². The summed E-state index contributed by atoms with van der Waals surface area (Å²) in [6.07, 6.45) is 0.881. The molecule has 1 unspecified atom stereocenters. The molecule has 4 heterocycles. The van der Waals surface area contributed by atoms with Crippen molar-refractivity contribution in [2.45, 2.75) is 26.3 Å². The fourth-order valence-corrected chi connectivity index (χ4v) is 4.88. The van der Waals surface area contributed by atoms with Crippen LogP contribution in [0.3, 0.4) is 0 Å². The van der Waals surface area contributed by atoms with Crippen molar-refractivity contribution in [2.24, 2.45) is 4.99 Å². The Labute approximate surface area is 211 Å². The molecule has 0 radical (unpaired) electrons. The number of halogens is 1. The van der Waals surface area contributed by atoms with E-state index in [1.54, 1.807) is 0 Å². The van der Waals surface area contributed by atoms with Crippen molar-refractivity contribution in [3.63, 3.8) is 0 Å². The first-order valence-corrected chi connectivity index (χ1v) is 11.9. The standard InChI is InChI=1S/C21H33N7O2S.HI/c1-4-19-24-21(31-25-19)28-9-7-27(8-10-28)20(22-3)23-15-17(18-6-5-16(2)30-18)26-11-13-29-14-12-26;/h5-6,17H,4,7-15H2,1-3H3,(H,22,23);1H. The second kappa shape index (κ2) is 12.1. The van der Waals surface area contributed by atoms with Crippen LogP contribution in [0.15, 0.2) is 21.5 Å². The van der Waals surface area contributed by atoms with Crippen molar-refractivity contribution >= 4 is 46.6 Å². The highest BCUT2D eigenvalue weighted by Crippen LogP contribution is 2.24. The molecule has 4 rings (SSSR count). The van der Waals surface area contributed by atoms with Gasteiger partial charge < -0.3 is 24.3 Å². The normalized spacial score (nSPS) is 19.0. The van der Waals surface area contributed by atoms with Gasteiger partial charge in [0.05, 0.1) is 19.3 Å². The first-order chi connectivity index (χ1) is 15.2. The maximum atomic E-state index is 5.99. The van der Waals surface area contributed by atoms with Gasteiger partial charge in [-0.3, -0.25) is 9.89 Å². The molecule has 0 amide bonds. The Balaban J connectivity index is 0.00000289. The highest BCUT2D eigenvalue weighted by Gasteiger charge is 2.27. The lowest BCUT2D eigenvalue weighted by Gasteiger charge is -2.37. The first-order valence-electron chi connectivity index (χ1n) is 11.1. The zero-order valence-electron chi connectivity index (χ0n) is 19.1. The van der Waals surface area contributed by atoms with Gasteiger partial charge in [0.15, 0.2) is 5.96 Å². The van der Waals surface area contributed by atoms with Gasteiger partial charge in [0.1, 0.15) is 17.3 Å². The predicted octanol–water partition coefficient (Wildman–Crippen LogP) is 2.39. The summed E-state index contributed by atoms with van der Waals surface area (Å²) in [7, 11) is 1.85. The number of morpholine rings is 1. The minimum Gasteiger partial charge on any atom is -0.465 e. The van der Waals surface area contributed by atoms with Crippen molar-refractivity contribution in [3.05, 3.63) is 29.5 Å². The summed E-state index contributed by atoms with van der Waals surface area (Å²) in [5.74, 6) is 3.81. The molecule has 2 fully saturated rings. The largest absolute Gasteiger partial charge is 0.465 e. The van der Waals surface area contributed by atoms with Crippen LogP contribution in [-0.4, -0.2) is 91.2 Å². The Hall–Kier alpha value is -1.44. The Morgan fingerprint density at radius 1 is 1.19 bits per heavy atom. The number of ether oxygens (including phenoxy) is 1. The Morgan fingerprint density at radius 2 is 1.94 bits per heavy atom. The zero-order chi connectivity index (χ0) is 21.6. The van der Waals surface area contributed by atoms with Crippen molar-refractivity contribution in [3.8, 4) is 0 Å². The number of rotatable bonds is 6. The Kier molecular flexibility index (Phi) is 9.56. The number of piperazine rings is 1. The fraction of sp³-hybridized carbons (Fsp3) is 0.667. The van der Waals surface area contributed by atoms with Crippen LogP contribution in [0.4, 0.5) is 5.13 Å². The quantitative estimate of drug-likeness (QED) is 0.320. The van der Waals surface area contributed by atoms with E-state index >= 15 is 0 Å². The van der Waals surface area contributed by atoms with Crippen molar-refractivity contribution in [2.75, 3.05) is 71.0 Å². The smallest absolute Gasteiger partial charge is 0.205 e. The van der Waals surface area contributed by atoms with Crippen LogP contribution in [0.2, 0.25) is 0 Å². The summed E-state index contributed by atoms with van der Waals surface area (Å²) < 4.78 is 16.0. The molecule has 2 aliphatic rings. The third-order valence-electron chi connectivity index (χ3n) is 5.86. The number of aryl methyl sites for hydroxylation is 2. The molecule has 0 bridgehead atoms. The van der Waals surface area contributed by atoms with E-state index in [4.69, 9.17) is 9.15 Å². The van der Waals surface area contributed by atoms with Gasteiger partial charge in [-0.1, -0.05) is 6.92 Å². The number of anilines is 1. The molecule has 0 aliphatic carbocycles. The molecule has 9 nitrogen and oxygen atoms in total. The number of guanidine groups is 1. The summed E-state index contributed by atoms with van der Waals surface area (Å²) in [6, 6.07) is 4.28. The maximum Gasteiger partial charge on any atom is 0.205 e. The van der Waals surface area contributed by atoms with Gasteiger partial charge in [0.25, 0.3) is 0 Å². The molecular formula is C21H34IN7O2S. The van der Waals surface area contributed by atoms with Gasteiger partial charge in [-0.05, 0) is 19.1 Å². The molecule has 32 heavy (non-hydrogen) atoms. The minimum absolute atomic E-state index is 0. The second-order valence-corrected chi connectivity index (χ2v) is 8.59. The fourth-order valence-electron chi connectivity index (χ4n) is 4.08. The van der Waals surface area contributed by atoms with Crippen LogP contribution in [0.5, 0.6) is 0 Å². The summed E-state index contributed by atoms with van der Waals surface area (Å²) >= 11 is 1.50. The average molecular weight is 576 g/mol. The van der Waals surface area contributed by atoms with Crippen molar-refractivity contribution in [1.29, 1.82) is 0 Å². The molecule has 1 N–H and O–H groups in total. The molecule has 2 aromatic rings. The molecule has 0 aromatic carbocycles. The lowest BCUT2D eigenvalue weighted by Crippen LogP contribution is -2.54. The van der Waals surface area contributed by atoms with Gasteiger partial charge in [0, 0.05) is 70.8 Å². The Morgan fingerprint density at radius 3 is 2.53 bits per heavy atom. The minimum atomic E-state index is 0. The number of nitrogens with zero attached hydrogens (tertiary/aromatic N) is 6. The van der Waals surface area contributed by atoms with Crippen LogP contribution in [-0.2, 0) is 11.2 Å². The first kappa shape index (κ1) is 25.2. The lowest BCUT2D eigenvalue weighted by atomic mass is 10.1. The number of hydrogen-bond donors (Lipinski definition) is 1. The number of nitrogens with one attached hydrogen (secondary N) is 1. The molecule has 1 atom stereocenters. The van der Waals surface area contributed by atoms with Crippen LogP contribution in [0.25, 0.3) is 0 Å². The van der Waals surface area contributed by atoms with Gasteiger partial charge in [-0.2, -0.15) is 4.37 Å². The average Bonchev–Trinajstić information content (AvgIpc) is 3.47. The van der Waals surface area contributed by atoms with E-state index in [0.717, 1.165) is 93.9 Å². The molecule has 2 aromatic heterocycles. The van der Waals surface area contributed by atoms with E-state index in [-0.39, 0.29) is 30.0 Å². The molecule has 0 spiro atoms. The number of aromatic nitrogens is 2. The van der Waals surface area contributed by atoms with Crippen LogP contribution in [0, 0.1) is 6.92 Å². The SMILES string of the molecule is CCc1nsc(N2CCN(C(=NC)NCC(c3ccc(C)o3)N3CCOCC3)CC2)n1.I. The topological polar surface area (TPSA) is 82.3 Å². The van der Waals surface area contributed by atoms with Crippen LogP contribution < -0.4 is 10.2 Å². The summed E-state index contributed by atoms with van der Waals surface area (Å²) in [4.78, 5) is 16.3. The zero-order valence-corrected chi connectivity index (χ0v) is 22.3. The number of aliphatic imine (C=N–C) groups is 1. The van der Waals surface area contributed by atoms with E-state index in [2.05, 4.69) is 47.4 Å². The van der Waals surface area contributed by atoms with Crippen LogP contribution in [0.1, 0.15) is 30.3 Å².